The minimum absolute atomic E-state index is 0.160. The molecule has 9 heteroatoms. The molecule has 0 heterocycles. The summed E-state index contributed by atoms with van der Waals surface area (Å²) in [6.07, 6.45) is 7.29. The van der Waals surface area contributed by atoms with Gasteiger partial charge in [0.15, 0.2) is 0 Å². The molecule has 33 heavy (non-hydrogen) atoms. The Bertz CT molecular complexity index is 784. The van der Waals surface area contributed by atoms with Crippen molar-refractivity contribution >= 4 is 36.0 Å². The van der Waals surface area contributed by atoms with Gasteiger partial charge >= 0.3 is 5.97 Å². The molecule has 0 bridgehead atoms. The Morgan fingerprint density at radius 1 is 1.12 bits per heavy atom. The van der Waals surface area contributed by atoms with Gasteiger partial charge in [-0.15, -0.1) is 0 Å². The highest BCUT2D eigenvalue weighted by molar-refractivity contribution is 7.98. The van der Waals surface area contributed by atoms with E-state index in [0.717, 1.165) is 30.6 Å². The number of ether oxygens (including phenoxy) is 1. The van der Waals surface area contributed by atoms with Crippen LogP contribution in [-0.4, -0.2) is 61.9 Å². The molecule has 2 atom stereocenters. The van der Waals surface area contributed by atoms with E-state index in [0.29, 0.717) is 32.1 Å². The Hall–Kier alpha value is -2.55. The number of amides is 3. The normalized spacial score (nSPS) is 16.7. The average molecular weight is 478 g/mol. The van der Waals surface area contributed by atoms with Gasteiger partial charge in [0.2, 0.25) is 18.2 Å². The van der Waals surface area contributed by atoms with Crippen molar-refractivity contribution in [1.29, 1.82) is 0 Å². The molecule has 182 valence electrons. The van der Waals surface area contributed by atoms with E-state index < -0.39 is 23.5 Å². The van der Waals surface area contributed by atoms with Gasteiger partial charge in [0, 0.05) is 13.0 Å². The van der Waals surface area contributed by atoms with E-state index in [4.69, 9.17) is 4.74 Å². The van der Waals surface area contributed by atoms with Crippen LogP contribution in [-0.2, 0) is 30.3 Å². The minimum Gasteiger partial charge on any atom is -0.467 e. The van der Waals surface area contributed by atoms with Crippen molar-refractivity contribution in [2.45, 2.75) is 57.0 Å². The molecule has 0 aromatic heterocycles. The summed E-state index contributed by atoms with van der Waals surface area (Å²) in [6.45, 7) is 0.160. The zero-order chi connectivity index (χ0) is 24.1. The number of esters is 1. The number of thioether (sulfide) groups is 1. The summed E-state index contributed by atoms with van der Waals surface area (Å²) >= 11 is 1.59. The Kier molecular flexibility index (Phi) is 11.2. The Morgan fingerprint density at radius 2 is 1.82 bits per heavy atom. The van der Waals surface area contributed by atoms with E-state index in [-0.39, 0.29) is 18.4 Å². The monoisotopic (exact) mass is 477 g/mol. The number of carbonyl (C=O) groups is 4. The number of benzene rings is 1. The molecule has 3 amide bonds. The van der Waals surface area contributed by atoms with Crippen LogP contribution < -0.4 is 16.0 Å². The van der Waals surface area contributed by atoms with E-state index in [1.807, 2.05) is 36.6 Å². The lowest BCUT2D eigenvalue weighted by Crippen LogP contribution is -2.55. The van der Waals surface area contributed by atoms with Crippen LogP contribution >= 0.6 is 11.8 Å². The molecule has 8 nitrogen and oxygen atoms in total. The van der Waals surface area contributed by atoms with E-state index in [1.165, 1.54) is 7.11 Å². The first-order valence-corrected chi connectivity index (χ1v) is 12.7. The van der Waals surface area contributed by atoms with Gasteiger partial charge in [0.1, 0.15) is 12.1 Å². The Morgan fingerprint density at radius 3 is 2.42 bits per heavy atom. The van der Waals surface area contributed by atoms with Gasteiger partial charge in [0.25, 0.3) is 0 Å². The highest BCUT2D eigenvalue weighted by Gasteiger charge is 2.41. The smallest absolute Gasteiger partial charge is 0.328 e. The van der Waals surface area contributed by atoms with Crippen LogP contribution in [0.15, 0.2) is 30.3 Å². The van der Waals surface area contributed by atoms with Gasteiger partial charge in [-0.25, -0.2) is 4.79 Å². The Balaban J connectivity index is 2.12. The van der Waals surface area contributed by atoms with Crippen molar-refractivity contribution < 1.29 is 23.9 Å². The first kappa shape index (κ1) is 26.7. The van der Waals surface area contributed by atoms with Crippen molar-refractivity contribution in [2.75, 3.05) is 25.7 Å². The van der Waals surface area contributed by atoms with Crippen molar-refractivity contribution in [3.63, 3.8) is 0 Å². The lowest BCUT2D eigenvalue weighted by atomic mass is 9.73. The fourth-order valence-corrected chi connectivity index (χ4v) is 4.67. The van der Waals surface area contributed by atoms with Crippen molar-refractivity contribution in [3.05, 3.63) is 35.9 Å². The van der Waals surface area contributed by atoms with Crippen LogP contribution in [0.4, 0.5) is 0 Å². The predicted octanol–water partition coefficient (Wildman–Crippen LogP) is 1.82. The van der Waals surface area contributed by atoms with E-state index in [2.05, 4.69) is 16.0 Å². The van der Waals surface area contributed by atoms with E-state index in [9.17, 15) is 19.2 Å². The molecule has 1 saturated carbocycles. The van der Waals surface area contributed by atoms with Gasteiger partial charge in [-0.1, -0.05) is 49.6 Å². The average Bonchev–Trinajstić information content (AvgIpc) is 2.85. The highest BCUT2D eigenvalue weighted by atomic mass is 32.2. The van der Waals surface area contributed by atoms with Crippen LogP contribution in [0.2, 0.25) is 0 Å². The molecule has 0 aliphatic heterocycles. The maximum Gasteiger partial charge on any atom is 0.328 e. The topological polar surface area (TPSA) is 114 Å². The Labute approximate surface area is 200 Å². The molecule has 0 spiro atoms. The first-order valence-electron chi connectivity index (χ1n) is 11.3. The van der Waals surface area contributed by atoms with Crippen molar-refractivity contribution in [1.82, 2.24) is 16.0 Å². The number of rotatable bonds is 13. The SMILES string of the molecule is COC(=O)[C@H](Cc1ccccc1)NC(=O)C1(CNC(=O)[C@H](CCSC)NC=O)CCCCC1. The summed E-state index contributed by atoms with van der Waals surface area (Å²) in [5.74, 6) is -0.333. The minimum atomic E-state index is -0.814. The summed E-state index contributed by atoms with van der Waals surface area (Å²) in [6, 6.07) is 7.99. The molecular formula is C24H35N3O5S. The first-order chi connectivity index (χ1) is 16.0. The number of hydrogen-bond donors (Lipinski definition) is 3. The molecule has 2 rings (SSSR count). The van der Waals surface area contributed by atoms with E-state index >= 15 is 0 Å². The maximum atomic E-state index is 13.5. The lowest BCUT2D eigenvalue weighted by molar-refractivity contribution is -0.147. The summed E-state index contributed by atoms with van der Waals surface area (Å²) < 4.78 is 4.93. The zero-order valence-electron chi connectivity index (χ0n) is 19.4. The fourth-order valence-electron chi connectivity index (χ4n) is 4.20. The van der Waals surface area contributed by atoms with Gasteiger partial charge in [-0.3, -0.25) is 14.4 Å². The number of methoxy groups -OCH3 is 1. The second kappa shape index (κ2) is 13.9. The molecule has 1 aromatic rings. The van der Waals surface area contributed by atoms with Gasteiger partial charge in [0.05, 0.1) is 12.5 Å². The fraction of sp³-hybridized carbons (Fsp3) is 0.583. The van der Waals surface area contributed by atoms with Crippen LogP contribution in [0.1, 0.15) is 44.1 Å². The summed E-state index contributed by atoms with van der Waals surface area (Å²) in [7, 11) is 1.30. The number of hydrogen-bond acceptors (Lipinski definition) is 6. The third-order valence-corrected chi connectivity index (χ3v) is 6.81. The zero-order valence-corrected chi connectivity index (χ0v) is 20.2. The van der Waals surface area contributed by atoms with Crippen LogP contribution in [0.3, 0.4) is 0 Å². The molecule has 1 aliphatic rings. The van der Waals surface area contributed by atoms with Gasteiger partial charge in [-0.2, -0.15) is 11.8 Å². The van der Waals surface area contributed by atoms with Gasteiger partial charge in [-0.05, 0) is 36.8 Å². The number of nitrogens with one attached hydrogen (secondary N) is 3. The third-order valence-electron chi connectivity index (χ3n) is 6.16. The summed E-state index contributed by atoms with van der Waals surface area (Å²) in [4.78, 5) is 49.5. The summed E-state index contributed by atoms with van der Waals surface area (Å²) in [5.41, 5.74) is 0.109. The van der Waals surface area contributed by atoms with Gasteiger partial charge < -0.3 is 20.7 Å². The molecule has 0 saturated heterocycles. The third kappa shape index (κ3) is 8.07. The molecule has 0 unspecified atom stereocenters. The van der Waals surface area contributed by atoms with Crippen LogP contribution in [0.5, 0.6) is 0 Å². The molecule has 3 N–H and O–H groups in total. The molecule has 0 radical (unpaired) electrons. The van der Waals surface area contributed by atoms with Crippen molar-refractivity contribution in [3.8, 4) is 0 Å². The predicted molar refractivity (Wildman–Crippen MR) is 129 cm³/mol. The molecule has 1 aromatic carbocycles. The summed E-state index contributed by atoms with van der Waals surface area (Å²) in [5, 5.41) is 8.35. The lowest BCUT2D eigenvalue weighted by Gasteiger charge is -2.37. The highest BCUT2D eigenvalue weighted by Crippen LogP contribution is 2.36. The second-order valence-electron chi connectivity index (χ2n) is 8.42. The van der Waals surface area contributed by atoms with Crippen molar-refractivity contribution in [2.24, 2.45) is 5.41 Å². The second-order valence-corrected chi connectivity index (χ2v) is 9.40. The largest absolute Gasteiger partial charge is 0.467 e. The maximum absolute atomic E-state index is 13.5. The molecule has 1 aliphatic carbocycles. The quantitative estimate of drug-likeness (QED) is 0.295. The van der Waals surface area contributed by atoms with E-state index in [1.54, 1.807) is 11.8 Å². The number of carbonyl (C=O) groups excluding carboxylic acids is 4. The van der Waals surface area contributed by atoms with Crippen LogP contribution in [0, 0.1) is 5.41 Å². The molecule has 1 fully saturated rings. The van der Waals surface area contributed by atoms with Crippen LogP contribution in [0.25, 0.3) is 0 Å². The standard InChI is InChI=1S/C24H35N3O5S/c1-32-22(30)20(15-18-9-5-3-6-10-18)27-23(31)24(12-7-4-8-13-24)16-25-21(29)19(26-17-28)11-14-33-2/h3,5-6,9-10,17,19-20H,4,7-8,11-16H2,1-2H3,(H,25,29)(H,26,28)(H,27,31)/t19-,20-/m0/s1. The molecular weight excluding hydrogens is 442 g/mol.